The number of hydrogen-bond donors (Lipinski definition) is 2. The Hall–Kier alpha value is -2.85. The van der Waals surface area contributed by atoms with Gasteiger partial charge in [-0.2, -0.15) is 0 Å². The molecule has 8 nitrogen and oxygen atoms in total. The maximum atomic E-state index is 12.8. The number of methoxy groups -OCH3 is 2. The molecule has 1 aromatic heterocycles. The lowest BCUT2D eigenvalue weighted by Crippen LogP contribution is -2.14. The van der Waals surface area contributed by atoms with Gasteiger partial charge in [0.2, 0.25) is 5.91 Å². The molecule has 0 radical (unpaired) electrons. The number of ether oxygens (including phenoxy) is 2. The van der Waals surface area contributed by atoms with Gasteiger partial charge in [-0.25, -0.2) is 13.4 Å². The topological polar surface area (TPSA) is 107 Å². The van der Waals surface area contributed by atoms with E-state index in [1.165, 1.54) is 44.6 Å². The third kappa shape index (κ3) is 4.12. The predicted molar refractivity (Wildman–Crippen MR) is 104 cm³/mol. The van der Waals surface area contributed by atoms with Gasteiger partial charge in [0.1, 0.15) is 16.4 Å². The molecule has 0 aliphatic heterocycles. The van der Waals surface area contributed by atoms with Crippen molar-refractivity contribution in [1.29, 1.82) is 0 Å². The van der Waals surface area contributed by atoms with Crippen LogP contribution < -0.4 is 19.5 Å². The highest BCUT2D eigenvalue weighted by Crippen LogP contribution is 2.32. The molecular formula is C17H17N3O5S2. The molecule has 0 atom stereocenters. The van der Waals surface area contributed by atoms with Crippen LogP contribution in [0.15, 0.2) is 41.3 Å². The molecular weight excluding hydrogens is 390 g/mol. The van der Waals surface area contributed by atoms with Crippen LogP contribution in [0, 0.1) is 0 Å². The molecule has 0 saturated heterocycles. The van der Waals surface area contributed by atoms with Crippen molar-refractivity contribution in [1.82, 2.24) is 4.98 Å². The number of anilines is 2. The highest BCUT2D eigenvalue weighted by atomic mass is 32.2. The van der Waals surface area contributed by atoms with Gasteiger partial charge in [-0.15, -0.1) is 0 Å². The SMILES string of the molecule is COc1ccc(OC)c(S(=O)(=O)Nc2ccc3sc(NC(C)=O)nc3c2)c1. The van der Waals surface area contributed by atoms with E-state index in [1.54, 1.807) is 24.3 Å². The molecule has 0 unspecified atom stereocenters. The molecule has 0 aliphatic carbocycles. The third-order valence-electron chi connectivity index (χ3n) is 3.58. The van der Waals surface area contributed by atoms with Crippen molar-refractivity contribution < 1.29 is 22.7 Å². The summed E-state index contributed by atoms with van der Waals surface area (Å²) in [6.07, 6.45) is 0. The van der Waals surface area contributed by atoms with Gasteiger partial charge >= 0.3 is 0 Å². The minimum atomic E-state index is -3.92. The van der Waals surface area contributed by atoms with Crippen molar-refractivity contribution in [2.75, 3.05) is 24.3 Å². The first kappa shape index (κ1) is 18.9. The zero-order valence-electron chi connectivity index (χ0n) is 14.8. The molecule has 2 aromatic carbocycles. The second-order valence-electron chi connectivity index (χ2n) is 5.50. The van der Waals surface area contributed by atoms with Crippen molar-refractivity contribution in [2.24, 2.45) is 0 Å². The van der Waals surface area contributed by atoms with Crippen LogP contribution >= 0.6 is 11.3 Å². The van der Waals surface area contributed by atoms with Gasteiger partial charge in [-0.1, -0.05) is 11.3 Å². The summed E-state index contributed by atoms with van der Waals surface area (Å²) in [4.78, 5) is 15.4. The van der Waals surface area contributed by atoms with Crippen molar-refractivity contribution in [3.8, 4) is 11.5 Å². The maximum Gasteiger partial charge on any atom is 0.265 e. The van der Waals surface area contributed by atoms with Crippen molar-refractivity contribution in [3.63, 3.8) is 0 Å². The highest BCUT2D eigenvalue weighted by molar-refractivity contribution is 7.92. The monoisotopic (exact) mass is 407 g/mol. The first-order chi connectivity index (χ1) is 12.8. The predicted octanol–water partition coefficient (Wildman–Crippen LogP) is 3.07. The summed E-state index contributed by atoms with van der Waals surface area (Å²) in [5.41, 5.74) is 0.911. The molecule has 0 fully saturated rings. The zero-order chi connectivity index (χ0) is 19.6. The Morgan fingerprint density at radius 2 is 1.89 bits per heavy atom. The second-order valence-corrected chi connectivity index (χ2v) is 8.19. The Morgan fingerprint density at radius 3 is 2.56 bits per heavy atom. The Bertz CT molecular complexity index is 1110. The number of nitrogens with zero attached hydrogens (tertiary/aromatic N) is 1. The molecule has 142 valence electrons. The van der Waals surface area contributed by atoms with E-state index in [2.05, 4.69) is 15.0 Å². The highest BCUT2D eigenvalue weighted by Gasteiger charge is 2.21. The number of carbonyl (C=O) groups excluding carboxylic acids is 1. The van der Waals surface area contributed by atoms with Gasteiger partial charge in [-0.3, -0.25) is 9.52 Å². The first-order valence-corrected chi connectivity index (χ1v) is 10.1. The van der Waals surface area contributed by atoms with E-state index >= 15 is 0 Å². The fourth-order valence-electron chi connectivity index (χ4n) is 2.40. The number of amides is 1. The van der Waals surface area contributed by atoms with E-state index in [0.717, 1.165) is 4.70 Å². The van der Waals surface area contributed by atoms with Gasteiger partial charge in [0.15, 0.2) is 5.13 Å². The summed E-state index contributed by atoms with van der Waals surface area (Å²) < 4.78 is 39.2. The molecule has 2 N–H and O–H groups in total. The Labute approximate surface area is 160 Å². The minimum Gasteiger partial charge on any atom is -0.497 e. The zero-order valence-corrected chi connectivity index (χ0v) is 16.4. The molecule has 1 amide bonds. The van der Waals surface area contributed by atoms with Gasteiger partial charge in [-0.05, 0) is 30.3 Å². The number of nitrogens with one attached hydrogen (secondary N) is 2. The Kier molecular flexibility index (Phi) is 5.19. The molecule has 0 spiro atoms. The van der Waals surface area contributed by atoms with Crippen LogP contribution in [0.5, 0.6) is 11.5 Å². The van der Waals surface area contributed by atoms with Gasteiger partial charge in [0.05, 0.1) is 30.1 Å². The van der Waals surface area contributed by atoms with Gasteiger partial charge < -0.3 is 14.8 Å². The summed E-state index contributed by atoms with van der Waals surface area (Å²) >= 11 is 1.30. The molecule has 0 aliphatic rings. The normalized spacial score (nSPS) is 11.2. The lowest BCUT2D eigenvalue weighted by atomic mass is 10.3. The standard InChI is InChI=1S/C17H17N3O5S2/c1-10(21)18-17-19-13-8-11(4-7-15(13)26-17)20-27(22,23)16-9-12(24-2)5-6-14(16)25-3/h4-9,20H,1-3H3,(H,18,19,21). The number of benzene rings is 2. The summed E-state index contributed by atoms with van der Waals surface area (Å²) in [7, 11) is -1.07. The van der Waals surface area contributed by atoms with Crippen LogP contribution in [-0.4, -0.2) is 33.5 Å². The van der Waals surface area contributed by atoms with Crippen LogP contribution in [0.2, 0.25) is 0 Å². The summed E-state index contributed by atoms with van der Waals surface area (Å²) in [5.74, 6) is 0.372. The number of thiazole rings is 1. The summed E-state index contributed by atoms with van der Waals surface area (Å²) in [6.45, 7) is 1.40. The van der Waals surface area contributed by atoms with E-state index < -0.39 is 10.0 Å². The van der Waals surface area contributed by atoms with E-state index in [9.17, 15) is 13.2 Å². The first-order valence-electron chi connectivity index (χ1n) is 7.75. The average molecular weight is 407 g/mol. The molecule has 3 aromatic rings. The molecule has 3 rings (SSSR count). The van der Waals surface area contributed by atoms with Crippen molar-refractivity contribution >= 4 is 48.3 Å². The largest absolute Gasteiger partial charge is 0.497 e. The average Bonchev–Trinajstić information content (AvgIpc) is 3.01. The van der Waals surface area contributed by atoms with Gasteiger partial charge in [0.25, 0.3) is 10.0 Å². The van der Waals surface area contributed by atoms with Crippen LogP contribution in [0.3, 0.4) is 0 Å². The number of sulfonamides is 1. The lowest BCUT2D eigenvalue weighted by molar-refractivity contribution is -0.114. The quantitative estimate of drug-likeness (QED) is 0.650. The number of rotatable bonds is 6. The summed E-state index contributed by atoms with van der Waals surface area (Å²) in [5, 5.41) is 3.07. The smallest absolute Gasteiger partial charge is 0.265 e. The number of aromatic nitrogens is 1. The number of fused-ring (bicyclic) bond motifs is 1. The van der Waals surface area contributed by atoms with Crippen LogP contribution in [0.1, 0.15) is 6.92 Å². The van der Waals surface area contributed by atoms with Crippen molar-refractivity contribution in [3.05, 3.63) is 36.4 Å². The molecule has 27 heavy (non-hydrogen) atoms. The fraction of sp³-hybridized carbons (Fsp3) is 0.176. The van der Waals surface area contributed by atoms with E-state index in [0.29, 0.717) is 22.1 Å². The van der Waals surface area contributed by atoms with E-state index in [4.69, 9.17) is 9.47 Å². The lowest BCUT2D eigenvalue weighted by Gasteiger charge is -2.12. The Balaban J connectivity index is 1.95. The third-order valence-corrected chi connectivity index (χ3v) is 5.94. The second kappa shape index (κ2) is 7.41. The molecule has 1 heterocycles. The molecule has 0 saturated carbocycles. The van der Waals surface area contributed by atoms with Crippen LogP contribution in [0.25, 0.3) is 10.2 Å². The number of hydrogen-bond acceptors (Lipinski definition) is 7. The molecule has 10 heteroatoms. The van der Waals surface area contributed by atoms with Crippen molar-refractivity contribution in [2.45, 2.75) is 11.8 Å². The van der Waals surface area contributed by atoms with E-state index in [-0.39, 0.29) is 16.6 Å². The Morgan fingerprint density at radius 1 is 1.11 bits per heavy atom. The van der Waals surface area contributed by atoms with Crippen LogP contribution in [0.4, 0.5) is 10.8 Å². The van der Waals surface area contributed by atoms with Gasteiger partial charge in [0, 0.05) is 13.0 Å². The molecule has 0 bridgehead atoms. The van der Waals surface area contributed by atoms with Crippen LogP contribution in [-0.2, 0) is 14.8 Å². The minimum absolute atomic E-state index is 0.0401. The fourth-order valence-corrected chi connectivity index (χ4v) is 4.53. The number of carbonyl (C=O) groups is 1. The maximum absolute atomic E-state index is 12.8. The van der Waals surface area contributed by atoms with E-state index in [1.807, 2.05) is 0 Å². The summed E-state index contributed by atoms with van der Waals surface area (Å²) in [6, 6.07) is 9.49.